The number of anilines is 1. The van der Waals surface area contributed by atoms with E-state index >= 15 is 0 Å². The van der Waals surface area contributed by atoms with Crippen molar-refractivity contribution in [3.8, 4) is 0 Å². The summed E-state index contributed by atoms with van der Waals surface area (Å²) in [5.41, 5.74) is 0.978. The summed E-state index contributed by atoms with van der Waals surface area (Å²) in [6, 6.07) is 5.80. The highest BCUT2D eigenvalue weighted by Crippen LogP contribution is 2.29. The number of benzene rings is 1. The molecular formula is C18H16Cl2F3N5O. The van der Waals surface area contributed by atoms with Crippen molar-refractivity contribution in [1.29, 1.82) is 0 Å². The normalized spacial score (nSPS) is 11.7. The predicted molar refractivity (Wildman–Crippen MR) is 103 cm³/mol. The highest BCUT2D eigenvalue weighted by atomic mass is 35.5. The lowest BCUT2D eigenvalue weighted by molar-refractivity contribution is -0.141. The molecule has 1 N–H and O–H groups in total. The largest absolute Gasteiger partial charge is 0.435 e. The van der Waals surface area contributed by atoms with Gasteiger partial charge in [-0.2, -0.15) is 23.4 Å². The van der Waals surface area contributed by atoms with Crippen LogP contribution in [0, 0.1) is 13.8 Å². The molecule has 0 fully saturated rings. The molecule has 2 aromatic heterocycles. The quantitative estimate of drug-likeness (QED) is 0.623. The van der Waals surface area contributed by atoms with Crippen LogP contribution in [0.25, 0.3) is 0 Å². The lowest BCUT2D eigenvalue weighted by Crippen LogP contribution is -2.17. The van der Waals surface area contributed by atoms with Gasteiger partial charge in [-0.25, -0.2) is 0 Å². The summed E-state index contributed by atoms with van der Waals surface area (Å²) >= 11 is 12.1. The van der Waals surface area contributed by atoms with E-state index in [0.717, 1.165) is 10.2 Å². The molecule has 3 rings (SSSR count). The summed E-state index contributed by atoms with van der Waals surface area (Å²) < 4.78 is 41.0. The Balaban J connectivity index is 1.85. The monoisotopic (exact) mass is 445 g/mol. The standard InChI is InChI=1S/C18H16Cl2F3N5O/c1-9-16(24-17(29)14-7-15(18(21,22)23)26-27(14)3)10(2)28(25-9)8-11-4-5-12(19)6-13(11)20/h4-7H,8H2,1-3H3,(H,24,29). The molecule has 1 aromatic carbocycles. The second kappa shape index (κ2) is 7.72. The summed E-state index contributed by atoms with van der Waals surface area (Å²) in [5.74, 6) is -0.717. The number of alkyl halides is 3. The molecule has 3 aromatic rings. The lowest BCUT2D eigenvalue weighted by atomic mass is 10.2. The predicted octanol–water partition coefficient (Wildman–Crippen LogP) is 4.86. The van der Waals surface area contributed by atoms with E-state index < -0.39 is 17.8 Å². The van der Waals surface area contributed by atoms with Gasteiger partial charge in [0.2, 0.25) is 0 Å². The highest BCUT2D eigenvalue weighted by molar-refractivity contribution is 6.35. The molecule has 0 aliphatic rings. The summed E-state index contributed by atoms with van der Waals surface area (Å²) in [4.78, 5) is 12.5. The Labute approximate surface area is 174 Å². The molecule has 0 atom stereocenters. The van der Waals surface area contributed by atoms with Gasteiger partial charge >= 0.3 is 6.18 Å². The Bertz CT molecular complexity index is 1090. The van der Waals surface area contributed by atoms with E-state index in [1.165, 1.54) is 7.05 Å². The number of amides is 1. The fraction of sp³-hybridized carbons (Fsp3) is 0.278. The summed E-state index contributed by atoms with van der Waals surface area (Å²) in [7, 11) is 1.27. The first-order valence-electron chi connectivity index (χ1n) is 8.38. The van der Waals surface area contributed by atoms with E-state index in [1.807, 2.05) is 0 Å². The van der Waals surface area contributed by atoms with Crippen LogP contribution in [0.15, 0.2) is 24.3 Å². The average Bonchev–Trinajstić information content (AvgIpc) is 3.13. The lowest BCUT2D eigenvalue weighted by Gasteiger charge is -2.09. The zero-order valence-corrected chi connectivity index (χ0v) is 17.1. The fourth-order valence-electron chi connectivity index (χ4n) is 2.84. The topological polar surface area (TPSA) is 64.7 Å². The molecular weight excluding hydrogens is 430 g/mol. The average molecular weight is 446 g/mol. The Kier molecular flexibility index (Phi) is 5.64. The van der Waals surface area contributed by atoms with Crippen LogP contribution in [0.2, 0.25) is 10.0 Å². The van der Waals surface area contributed by atoms with Crippen molar-refractivity contribution >= 4 is 34.8 Å². The molecule has 0 bridgehead atoms. The minimum Gasteiger partial charge on any atom is -0.317 e. The van der Waals surface area contributed by atoms with E-state index in [1.54, 1.807) is 36.7 Å². The Hall–Kier alpha value is -2.52. The summed E-state index contributed by atoms with van der Waals surface area (Å²) in [6.45, 7) is 3.76. The number of hydrogen-bond donors (Lipinski definition) is 1. The minimum absolute atomic E-state index is 0.218. The van der Waals surface area contributed by atoms with Gasteiger partial charge in [-0.15, -0.1) is 0 Å². The molecule has 154 valence electrons. The van der Waals surface area contributed by atoms with Crippen molar-refractivity contribution in [3.05, 3.63) is 62.6 Å². The minimum atomic E-state index is -4.63. The van der Waals surface area contributed by atoms with Gasteiger partial charge in [-0.05, 0) is 31.5 Å². The fourth-order valence-corrected chi connectivity index (χ4v) is 3.31. The number of aryl methyl sites for hydroxylation is 2. The third kappa shape index (κ3) is 4.40. The van der Waals surface area contributed by atoms with E-state index in [9.17, 15) is 18.0 Å². The Morgan fingerprint density at radius 1 is 1.17 bits per heavy atom. The number of rotatable bonds is 4. The van der Waals surface area contributed by atoms with Crippen LogP contribution in [0.3, 0.4) is 0 Å². The van der Waals surface area contributed by atoms with Crippen molar-refractivity contribution in [2.75, 3.05) is 5.32 Å². The Morgan fingerprint density at radius 2 is 1.86 bits per heavy atom. The van der Waals surface area contributed by atoms with Gasteiger partial charge in [0, 0.05) is 23.2 Å². The van der Waals surface area contributed by atoms with Crippen LogP contribution >= 0.6 is 23.2 Å². The van der Waals surface area contributed by atoms with Crippen molar-refractivity contribution < 1.29 is 18.0 Å². The molecule has 0 radical (unpaired) electrons. The van der Waals surface area contributed by atoms with Crippen LogP contribution in [-0.2, 0) is 19.8 Å². The third-order valence-corrected chi connectivity index (χ3v) is 4.95. The van der Waals surface area contributed by atoms with Crippen molar-refractivity contribution in [3.63, 3.8) is 0 Å². The van der Waals surface area contributed by atoms with Crippen molar-refractivity contribution in [1.82, 2.24) is 19.6 Å². The number of carbonyl (C=O) groups excluding carboxylic acids is 1. The molecule has 0 aliphatic carbocycles. The molecule has 0 unspecified atom stereocenters. The summed E-state index contributed by atoms with van der Waals surface area (Å²) in [5, 5.41) is 11.4. The van der Waals surface area contributed by atoms with E-state index in [-0.39, 0.29) is 5.69 Å². The molecule has 0 saturated heterocycles. The number of hydrogen-bond acceptors (Lipinski definition) is 3. The van der Waals surface area contributed by atoms with Gasteiger partial charge in [0.05, 0.1) is 23.6 Å². The second-order valence-electron chi connectivity index (χ2n) is 6.43. The van der Waals surface area contributed by atoms with Crippen LogP contribution in [0.5, 0.6) is 0 Å². The summed E-state index contributed by atoms with van der Waals surface area (Å²) in [6.07, 6.45) is -4.63. The number of nitrogens with one attached hydrogen (secondary N) is 1. The van der Waals surface area contributed by atoms with Crippen molar-refractivity contribution in [2.45, 2.75) is 26.6 Å². The number of aromatic nitrogens is 4. The molecule has 2 heterocycles. The number of halogens is 5. The smallest absolute Gasteiger partial charge is 0.317 e. The second-order valence-corrected chi connectivity index (χ2v) is 7.27. The molecule has 29 heavy (non-hydrogen) atoms. The first-order valence-corrected chi connectivity index (χ1v) is 9.13. The highest BCUT2D eigenvalue weighted by Gasteiger charge is 2.35. The van der Waals surface area contributed by atoms with Crippen LogP contribution in [0.1, 0.15) is 33.1 Å². The van der Waals surface area contributed by atoms with E-state index in [2.05, 4.69) is 15.5 Å². The van der Waals surface area contributed by atoms with Crippen LogP contribution in [-0.4, -0.2) is 25.5 Å². The van der Waals surface area contributed by atoms with E-state index in [4.69, 9.17) is 23.2 Å². The van der Waals surface area contributed by atoms with Gasteiger partial charge in [0.1, 0.15) is 5.69 Å². The number of carbonyl (C=O) groups is 1. The van der Waals surface area contributed by atoms with E-state index in [0.29, 0.717) is 39.7 Å². The van der Waals surface area contributed by atoms with Crippen molar-refractivity contribution in [2.24, 2.45) is 7.05 Å². The number of nitrogens with zero attached hydrogens (tertiary/aromatic N) is 4. The molecule has 1 amide bonds. The molecule has 0 saturated carbocycles. The molecule has 0 spiro atoms. The molecule has 6 nitrogen and oxygen atoms in total. The maximum atomic E-state index is 12.8. The van der Waals surface area contributed by atoms with Gasteiger partial charge in [-0.3, -0.25) is 14.2 Å². The van der Waals surface area contributed by atoms with Gasteiger partial charge in [0.15, 0.2) is 5.69 Å². The maximum Gasteiger partial charge on any atom is 0.435 e. The third-order valence-electron chi connectivity index (χ3n) is 4.36. The van der Waals surface area contributed by atoms with Crippen LogP contribution in [0.4, 0.5) is 18.9 Å². The van der Waals surface area contributed by atoms with Gasteiger partial charge < -0.3 is 5.32 Å². The molecule has 11 heteroatoms. The Morgan fingerprint density at radius 3 is 2.45 bits per heavy atom. The van der Waals surface area contributed by atoms with Gasteiger partial charge in [0.25, 0.3) is 5.91 Å². The van der Waals surface area contributed by atoms with Crippen LogP contribution < -0.4 is 5.32 Å². The SMILES string of the molecule is Cc1nn(Cc2ccc(Cl)cc2Cl)c(C)c1NC(=O)c1cc(C(F)(F)F)nn1C. The zero-order valence-electron chi connectivity index (χ0n) is 15.6. The maximum absolute atomic E-state index is 12.8. The molecule has 0 aliphatic heterocycles. The first kappa shape index (κ1) is 21.2. The van der Waals surface area contributed by atoms with Gasteiger partial charge in [-0.1, -0.05) is 29.3 Å². The first-order chi connectivity index (χ1) is 13.5. The zero-order chi connectivity index (χ0) is 21.5.